The molecule has 16 heavy (non-hydrogen) atoms. The molecule has 0 spiro atoms. The van der Waals surface area contributed by atoms with Crippen molar-refractivity contribution in [3.05, 3.63) is 34.9 Å². The summed E-state index contributed by atoms with van der Waals surface area (Å²) in [7, 11) is 0. The molecule has 0 fully saturated rings. The predicted molar refractivity (Wildman–Crippen MR) is 61.2 cm³/mol. The summed E-state index contributed by atoms with van der Waals surface area (Å²) in [6.07, 6.45) is 0.280. The summed E-state index contributed by atoms with van der Waals surface area (Å²) in [6.45, 7) is 0. The third-order valence-corrected chi connectivity index (χ3v) is 2.42. The van der Waals surface area contributed by atoms with Crippen LogP contribution in [0.1, 0.15) is 5.56 Å². The molecule has 0 radical (unpaired) electrons. The number of carbonyl (C=O) groups is 1. The SMILES string of the molecule is NC(=O)C(Cc1ccc(Cl)cc1)C(N)=NO. The van der Waals surface area contributed by atoms with Crippen LogP contribution in [0.4, 0.5) is 0 Å². The van der Waals surface area contributed by atoms with Crippen LogP contribution in [0.2, 0.25) is 5.02 Å². The van der Waals surface area contributed by atoms with Crippen LogP contribution in [0, 0.1) is 5.92 Å². The molecule has 0 aromatic heterocycles. The fourth-order valence-corrected chi connectivity index (χ4v) is 1.40. The molecule has 86 valence electrons. The predicted octanol–water partition coefficient (Wildman–Crippen LogP) is 0.730. The molecule has 6 heteroatoms. The van der Waals surface area contributed by atoms with Crippen molar-refractivity contribution < 1.29 is 10.0 Å². The Kier molecular flexibility index (Phi) is 4.13. The monoisotopic (exact) mass is 241 g/mol. The molecule has 0 heterocycles. The Balaban J connectivity index is 2.84. The summed E-state index contributed by atoms with van der Waals surface area (Å²) >= 11 is 5.72. The summed E-state index contributed by atoms with van der Waals surface area (Å²) in [5, 5.41) is 11.9. The van der Waals surface area contributed by atoms with Gasteiger partial charge in [-0.1, -0.05) is 28.9 Å². The minimum atomic E-state index is -0.814. The number of halogens is 1. The Morgan fingerprint density at radius 2 is 1.94 bits per heavy atom. The normalized spacial score (nSPS) is 13.4. The highest BCUT2D eigenvalue weighted by Crippen LogP contribution is 2.13. The first-order chi connectivity index (χ1) is 7.54. The number of primary amides is 1. The van der Waals surface area contributed by atoms with Crippen LogP contribution >= 0.6 is 11.6 Å². The molecular weight excluding hydrogens is 230 g/mol. The van der Waals surface area contributed by atoms with Crippen molar-refractivity contribution in [1.82, 2.24) is 0 Å². The summed E-state index contributed by atoms with van der Waals surface area (Å²) in [5.74, 6) is -1.64. The lowest BCUT2D eigenvalue weighted by atomic mass is 9.98. The molecule has 1 rings (SSSR count). The summed E-state index contributed by atoms with van der Waals surface area (Å²) in [6, 6.07) is 6.90. The van der Waals surface area contributed by atoms with Gasteiger partial charge < -0.3 is 16.7 Å². The number of oxime groups is 1. The topological polar surface area (TPSA) is 102 Å². The zero-order valence-corrected chi connectivity index (χ0v) is 9.19. The first kappa shape index (κ1) is 12.3. The van der Waals surface area contributed by atoms with Crippen molar-refractivity contribution in [2.24, 2.45) is 22.5 Å². The number of amides is 1. The van der Waals surface area contributed by atoms with Crippen molar-refractivity contribution >= 4 is 23.3 Å². The Morgan fingerprint density at radius 1 is 1.38 bits per heavy atom. The van der Waals surface area contributed by atoms with Crippen LogP contribution in [0.25, 0.3) is 0 Å². The van der Waals surface area contributed by atoms with Gasteiger partial charge in [0.15, 0.2) is 5.84 Å². The maximum absolute atomic E-state index is 11.1. The van der Waals surface area contributed by atoms with Gasteiger partial charge in [-0.15, -0.1) is 0 Å². The molecule has 1 atom stereocenters. The molecule has 1 aromatic carbocycles. The van der Waals surface area contributed by atoms with Gasteiger partial charge in [-0.3, -0.25) is 4.79 Å². The van der Waals surface area contributed by atoms with Crippen LogP contribution in [0.3, 0.4) is 0 Å². The van der Waals surface area contributed by atoms with Crippen molar-refractivity contribution in [2.45, 2.75) is 6.42 Å². The number of nitrogens with zero attached hydrogens (tertiary/aromatic N) is 1. The maximum Gasteiger partial charge on any atom is 0.228 e. The zero-order chi connectivity index (χ0) is 12.1. The van der Waals surface area contributed by atoms with Crippen molar-refractivity contribution in [2.75, 3.05) is 0 Å². The number of benzene rings is 1. The Morgan fingerprint density at radius 3 is 2.38 bits per heavy atom. The van der Waals surface area contributed by atoms with Crippen molar-refractivity contribution in [1.29, 1.82) is 0 Å². The van der Waals surface area contributed by atoms with Gasteiger partial charge in [-0.2, -0.15) is 0 Å². The van der Waals surface area contributed by atoms with E-state index in [-0.39, 0.29) is 12.3 Å². The first-order valence-electron chi connectivity index (χ1n) is 4.55. The maximum atomic E-state index is 11.1. The molecular formula is C10H12ClN3O2. The van der Waals surface area contributed by atoms with Crippen LogP contribution in [0.15, 0.2) is 29.4 Å². The molecule has 0 aliphatic rings. The van der Waals surface area contributed by atoms with Gasteiger partial charge in [0.05, 0.1) is 0 Å². The van der Waals surface area contributed by atoms with E-state index in [0.29, 0.717) is 5.02 Å². The van der Waals surface area contributed by atoms with E-state index in [9.17, 15) is 4.79 Å². The number of rotatable bonds is 4. The second-order valence-corrected chi connectivity index (χ2v) is 3.75. The smallest absolute Gasteiger partial charge is 0.228 e. The molecule has 5 nitrogen and oxygen atoms in total. The molecule has 0 bridgehead atoms. The third-order valence-electron chi connectivity index (χ3n) is 2.17. The number of hydrogen-bond donors (Lipinski definition) is 3. The number of nitrogens with two attached hydrogens (primary N) is 2. The van der Waals surface area contributed by atoms with Gasteiger partial charge in [0, 0.05) is 5.02 Å². The van der Waals surface area contributed by atoms with E-state index in [0.717, 1.165) is 5.56 Å². The molecule has 0 saturated heterocycles. The highest BCUT2D eigenvalue weighted by atomic mass is 35.5. The lowest BCUT2D eigenvalue weighted by molar-refractivity contribution is -0.119. The van der Waals surface area contributed by atoms with Gasteiger partial charge in [0.25, 0.3) is 0 Å². The van der Waals surface area contributed by atoms with Gasteiger partial charge in [0.1, 0.15) is 5.92 Å². The quantitative estimate of drug-likeness (QED) is 0.313. The van der Waals surface area contributed by atoms with E-state index in [2.05, 4.69) is 5.16 Å². The Hall–Kier alpha value is -1.75. The standard InChI is InChI=1S/C10H12ClN3O2/c11-7-3-1-6(2-4-7)5-8(10(13)15)9(12)14-16/h1-4,8,16H,5H2,(H2,12,14)(H2,13,15). The second-order valence-electron chi connectivity index (χ2n) is 3.31. The molecule has 5 N–H and O–H groups in total. The third kappa shape index (κ3) is 3.13. The summed E-state index contributed by atoms with van der Waals surface area (Å²) in [5.41, 5.74) is 11.4. The molecule has 0 saturated carbocycles. The van der Waals surface area contributed by atoms with E-state index in [1.165, 1.54) is 0 Å². The van der Waals surface area contributed by atoms with Gasteiger partial charge in [0.2, 0.25) is 5.91 Å². The Labute approximate surface area is 97.7 Å². The number of carbonyl (C=O) groups excluding carboxylic acids is 1. The lowest BCUT2D eigenvalue weighted by Gasteiger charge is -2.11. The van der Waals surface area contributed by atoms with E-state index in [4.69, 9.17) is 28.3 Å². The summed E-state index contributed by atoms with van der Waals surface area (Å²) < 4.78 is 0. The van der Waals surface area contributed by atoms with Gasteiger partial charge in [-0.05, 0) is 24.1 Å². The minimum Gasteiger partial charge on any atom is -0.409 e. The average molecular weight is 242 g/mol. The average Bonchev–Trinajstić information content (AvgIpc) is 2.27. The minimum absolute atomic E-state index is 0.192. The number of amidine groups is 1. The fourth-order valence-electron chi connectivity index (χ4n) is 1.28. The fraction of sp³-hybridized carbons (Fsp3) is 0.200. The Bertz CT molecular complexity index is 403. The second kappa shape index (κ2) is 5.37. The molecule has 1 aromatic rings. The van der Waals surface area contributed by atoms with Crippen LogP contribution in [-0.4, -0.2) is 17.0 Å². The highest BCUT2D eigenvalue weighted by Gasteiger charge is 2.20. The van der Waals surface area contributed by atoms with Crippen LogP contribution in [-0.2, 0) is 11.2 Å². The van der Waals surface area contributed by atoms with Crippen LogP contribution in [0.5, 0.6) is 0 Å². The van der Waals surface area contributed by atoms with Crippen molar-refractivity contribution in [3.63, 3.8) is 0 Å². The molecule has 1 amide bonds. The molecule has 0 aliphatic heterocycles. The summed E-state index contributed by atoms with van der Waals surface area (Å²) in [4.78, 5) is 11.1. The van der Waals surface area contributed by atoms with Gasteiger partial charge in [-0.25, -0.2) is 0 Å². The van der Waals surface area contributed by atoms with E-state index in [1.54, 1.807) is 24.3 Å². The first-order valence-corrected chi connectivity index (χ1v) is 4.93. The lowest BCUT2D eigenvalue weighted by Crippen LogP contribution is -2.36. The molecule has 1 unspecified atom stereocenters. The largest absolute Gasteiger partial charge is 0.409 e. The highest BCUT2D eigenvalue weighted by molar-refractivity contribution is 6.30. The van der Waals surface area contributed by atoms with E-state index >= 15 is 0 Å². The zero-order valence-electron chi connectivity index (χ0n) is 8.43. The van der Waals surface area contributed by atoms with Gasteiger partial charge >= 0.3 is 0 Å². The van der Waals surface area contributed by atoms with E-state index < -0.39 is 11.8 Å². The van der Waals surface area contributed by atoms with Crippen molar-refractivity contribution in [3.8, 4) is 0 Å². The van der Waals surface area contributed by atoms with E-state index in [1.807, 2.05) is 0 Å². The number of hydrogen-bond acceptors (Lipinski definition) is 3. The molecule has 0 aliphatic carbocycles. The van der Waals surface area contributed by atoms with Crippen LogP contribution < -0.4 is 11.5 Å².